The molecular formula is C11H21NO5. The number of carboxylic acid groups (broad SMARTS) is 1. The van der Waals surface area contributed by atoms with Gasteiger partial charge in [-0.15, -0.1) is 0 Å². The van der Waals surface area contributed by atoms with Gasteiger partial charge in [-0.1, -0.05) is 0 Å². The first-order valence-electron chi connectivity index (χ1n) is 5.54. The highest BCUT2D eigenvalue weighted by Crippen LogP contribution is 2.04. The average molecular weight is 247 g/mol. The van der Waals surface area contributed by atoms with Gasteiger partial charge in [0.25, 0.3) is 0 Å². The first kappa shape index (κ1) is 15.9. The highest BCUT2D eigenvalue weighted by atomic mass is 16.5. The Morgan fingerprint density at radius 3 is 2.24 bits per heavy atom. The van der Waals surface area contributed by atoms with Gasteiger partial charge in [-0.25, -0.2) is 0 Å². The van der Waals surface area contributed by atoms with Crippen LogP contribution in [0.4, 0.5) is 0 Å². The fourth-order valence-corrected chi connectivity index (χ4v) is 1.31. The number of methoxy groups -OCH3 is 2. The van der Waals surface area contributed by atoms with Crippen LogP contribution < -0.4 is 0 Å². The number of rotatable bonds is 9. The van der Waals surface area contributed by atoms with Gasteiger partial charge in [0.05, 0.1) is 6.61 Å². The summed E-state index contributed by atoms with van der Waals surface area (Å²) in [6.45, 7) is 3.20. The second kappa shape index (κ2) is 8.95. The molecule has 0 aromatic carbocycles. The van der Waals surface area contributed by atoms with Crippen molar-refractivity contribution >= 4 is 11.9 Å². The molecule has 100 valence electrons. The number of ether oxygens (including phenoxy) is 2. The Labute approximate surface area is 101 Å². The van der Waals surface area contributed by atoms with Crippen LogP contribution in [-0.2, 0) is 19.1 Å². The number of carbonyl (C=O) groups excluding carboxylic acids is 1. The summed E-state index contributed by atoms with van der Waals surface area (Å²) in [7, 11) is 3.12. The molecule has 0 saturated carbocycles. The average Bonchev–Trinajstić information content (AvgIpc) is 2.31. The summed E-state index contributed by atoms with van der Waals surface area (Å²) < 4.78 is 9.80. The summed E-state index contributed by atoms with van der Waals surface area (Å²) in [5, 5.41) is 8.79. The summed E-state index contributed by atoms with van der Waals surface area (Å²) in [4.78, 5) is 24.1. The second-order valence-corrected chi connectivity index (χ2v) is 3.72. The van der Waals surface area contributed by atoms with Crippen molar-refractivity contribution in [1.82, 2.24) is 4.90 Å². The normalized spacial score (nSPS) is 12.2. The monoisotopic (exact) mass is 247 g/mol. The molecule has 0 heterocycles. The third-order valence-electron chi connectivity index (χ3n) is 2.39. The van der Waals surface area contributed by atoms with Gasteiger partial charge in [0, 0.05) is 33.9 Å². The van der Waals surface area contributed by atoms with Crippen LogP contribution >= 0.6 is 0 Å². The van der Waals surface area contributed by atoms with E-state index in [0.29, 0.717) is 32.7 Å². The number of carboxylic acids is 1. The first-order valence-corrected chi connectivity index (χ1v) is 5.54. The maximum atomic E-state index is 11.8. The number of aliphatic carboxylic acids is 1. The van der Waals surface area contributed by atoms with Gasteiger partial charge in [0.15, 0.2) is 0 Å². The fourth-order valence-electron chi connectivity index (χ4n) is 1.31. The van der Waals surface area contributed by atoms with Crippen LogP contribution in [0.3, 0.4) is 0 Å². The Morgan fingerprint density at radius 2 is 1.76 bits per heavy atom. The number of hydrogen-bond acceptors (Lipinski definition) is 4. The molecule has 1 N–H and O–H groups in total. The molecule has 0 saturated heterocycles. The molecule has 0 fully saturated rings. The van der Waals surface area contributed by atoms with Gasteiger partial charge in [-0.2, -0.15) is 0 Å². The summed E-state index contributed by atoms with van der Waals surface area (Å²) in [6, 6.07) is 0. The molecule has 1 unspecified atom stereocenters. The van der Waals surface area contributed by atoms with Gasteiger partial charge in [-0.05, 0) is 13.3 Å². The van der Waals surface area contributed by atoms with E-state index < -0.39 is 11.9 Å². The van der Waals surface area contributed by atoms with Gasteiger partial charge >= 0.3 is 5.97 Å². The van der Waals surface area contributed by atoms with Gasteiger partial charge in [0.1, 0.15) is 5.92 Å². The Kier molecular flexibility index (Phi) is 8.35. The third kappa shape index (κ3) is 6.23. The zero-order chi connectivity index (χ0) is 13.3. The van der Waals surface area contributed by atoms with Crippen molar-refractivity contribution in [2.24, 2.45) is 5.92 Å². The van der Waals surface area contributed by atoms with E-state index >= 15 is 0 Å². The van der Waals surface area contributed by atoms with E-state index in [-0.39, 0.29) is 5.91 Å². The molecule has 0 aromatic heterocycles. The van der Waals surface area contributed by atoms with Crippen LogP contribution in [0.25, 0.3) is 0 Å². The molecule has 0 spiro atoms. The predicted octanol–water partition coefficient (Wildman–Crippen LogP) is 0.219. The van der Waals surface area contributed by atoms with Crippen LogP contribution in [0.2, 0.25) is 0 Å². The summed E-state index contributed by atoms with van der Waals surface area (Å²) in [6.07, 6.45) is 0.679. The summed E-state index contributed by atoms with van der Waals surface area (Å²) in [5.74, 6) is -2.51. The van der Waals surface area contributed by atoms with Crippen molar-refractivity contribution in [2.75, 3.05) is 40.5 Å². The molecule has 0 radical (unpaired) electrons. The SMILES string of the molecule is COCCCN(CCOC)C(=O)C(C)C(=O)O. The van der Waals surface area contributed by atoms with Crippen molar-refractivity contribution in [3.63, 3.8) is 0 Å². The molecule has 0 rings (SSSR count). The molecular weight excluding hydrogens is 226 g/mol. The smallest absolute Gasteiger partial charge is 0.315 e. The molecule has 0 aliphatic rings. The maximum absolute atomic E-state index is 11.8. The standard InChI is InChI=1S/C11H21NO5/c1-9(11(14)15)10(13)12(6-8-17-3)5-4-7-16-2/h9H,4-8H2,1-3H3,(H,14,15). The van der Waals surface area contributed by atoms with E-state index in [2.05, 4.69) is 0 Å². The van der Waals surface area contributed by atoms with Crippen LogP contribution in [0.1, 0.15) is 13.3 Å². The Balaban J connectivity index is 4.33. The first-order chi connectivity index (χ1) is 8.04. The minimum atomic E-state index is -1.11. The van der Waals surface area contributed by atoms with E-state index in [0.717, 1.165) is 0 Å². The lowest BCUT2D eigenvalue weighted by Crippen LogP contribution is -2.40. The summed E-state index contributed by atoms with van der Waals surface area (Å²) >= 11 is 0. The van der Waals surface area contributed by atoms with E-state index in [1.165, 1.54) is 11.8 Å². The highest BCUT2D eigenvalue weighted by molar-refractivity contribution is 5.96. The van der Waals surface area contributed by atoms with E-state index in [4.69, 9.17) is 14.6 Å². The number of nitrogens with zero attached hydrogens (tertiary/aromatic N) is 1. The minimum Gasteiger partial charge on any atom is -0.481 e. The lowest BCUT2D eigenvalue weighted by Gasteiger charge is -2.24. The van der Waals surface area contributed by atoms with Crippen LogP contribution in [0.5, 0.6) is 0 Å². The Hall–Kier alpha value is -1.14. The molecule has 0 aliphatic carbocycles. The maximum Gasteiger partial charge on any atom is 0.315 e. The van der Waals surface area contributed by atoms with Crippen molar-refractivity contribution in [3.05, 3.63) is 0 Å². The summed E-state index contributed by atoms with van der Waals surface area (Å²) in [5.41, 5.74) is 0. The number of hydrogen-bond donors (Lipinski definition) is 1. The van der Waals surface area contributed by atoms with E-state index in [9.17, 15) is 9.59 Å². The molecule has 6 heteroatoms. The second-order valence-electron chi connectivity index (χ2n) is 3.72. The lowest BCUT2D eigenvalue weighted by atomic mass is 10.1. The highest BCUT2D eigenvalue weighted by Gasteiger charge is 2.25. The molecule has 1 atom stereocenters. The topological polar surface area (TPSA) is 76.1 Å². The van der Waals surface area contributed by atoms with E-state index in [1.807, 2.05) is 0 Å². The lowest BCUT2D eigenvalue weighted by molar-refractivity contribution is -0.150. The zero-order valence-electron chi connectivity index (χ0n) is 10.6. The van der Waals surface area contributed by atoms with Gasteiger partial charge in [0.2, 0.25) is 5.91 Å². The van der Waals surface area contributed by atoms with Crippen LogP contribution in [0.15, 0.2) is 0 Å². The number of amides is 1. The largest absolute Gasteiger partial charge is 0.481 e. The van der Waals surface area contributed by atoms with E-state index in [1.54, 1.807) is 14.2 Å². The van der Waals surface area contributed by atoms with Crippen LogP contribution in [0, 0.1) is 5.92 Å². The molecule has 0 aromatic rings. The quantitative estimate of drug-likeness (QED) is 0.466. The van der Waals surface area contributed by atoms with Gasteiger partial charge in [-0.3, -0.25) is 9.59 Å². The molecule has 6 nitrogen and oxygen atoms in total. The Morgan fingerprint density at radius 1 is 1.18 bits per heavy atom. The predicted molar refractivity (Wildman–Crippen MR) is 61.7 cm³/mol. The molecule has 0 aliphatic heterocycles. The zero-order valence-corrected chi connectivity index (χ0v) is 10.6. The molecule has 17 heavy (non-hydrogen) atoms. The van der Waals surface area contributed by atoms with Crippen molar-refractivity contribution in [2.45, 2.75) is 13.3 Å². The molecule has 1 amide bonds. The van der Waals surface area contributed by atoms with Crippen molar-refractivity contribution in [3.8, 4) is 0 Å². The van der Waals surface area contributed by atoms with Crippen molar-refractivity contribution in [1.29, 1.82) is 0 Å². The fraction of sp³-hybridized carbons (Fsp3) is 0.818. The Bertz CT molecular complexity index is 244. The number of carbonyl (C=O) groups is 2. The minimum absolute atomic E-state index is 0.384. The third-order valence-corrected chi connectivity index (χ3v) is 2.39. The van der Waals surface area contributed by atoms with Crippen LogP contribution in [-0.4, -0.2) is 62.4 Å². The van der Waals surface area contributed by atoms with Crippen molar-refractivity contribution < 1.29 is 24.2 Å². The van der Waals surface area contributed by atoms with Gasteiger partial charge < -0.3 is 19.5 Å². The molecule has 0 bridgehead atoms.